The van der Waals surface area contributed by atoms with E-state index in [9.17, 15) is 9.90 Å². The second-order valence-corrected chi connectivity index (χ2v) is 5.61. The smallest absolute Gasteiger partial charge is 0.333 e. The van der Waals surface area contributed by atoms with Crippen LogP contribution in [0.2, 0.25) is 0 Å². The third kappa shape index (κ3) is 4.07. The summed E-state index contributed by atoms with van der Waals surface area (Å²) in [6.07, 6.45) is 2.79. The molecule has 0 bridgehead atoms. The Kier molecular flexibility index (Phi) is 6.78. The summed E-state index contributed by atoms with van der Waals surface area (Å²) in [7, 11) is 0. The summed E-state index contributed by atoms with van der Waals surface area (Å²) in [5, 5.41) is 10.6. The molecule has 0 fully saturated rings. The van der Waals surface area contributed by atoms with E-state index in [1.807, 2.05) is 34.6 Å². The maximum Gasteiger partial charge on any atom is 0.333 e. The van der Waals surface area contributed by atoms with Gasteiger partial charge in [0.25, 0.3) is 0 Å². The van der Waals surface area contributed by atoms with E-state index in [2.05, 4.69) is 6.58 Å². The van der Waals surface area contributed by atoms with Crippen molar-refractivity contribution < 1.29 is 14.6 Å². The molecule has 0 spiro atoms. The van der Waals surface area contributed by atoms with Gasteiger partial charge in [0.15, 0.2) is 0 Å². The first-order valence-corrected chi connectivity index (χ1v) is 7.31. The molecule has 0 aliphatic heterocycles. The summed E-state index contributed by atoms with van der Waals surface area (Å²) in [5.41, 5.74) is -1.06. The molecule has 0 amide bonds. The van der Waals surface area contributed by atoms with Gasteiger partial charge in [0.2, 0.25) is 0 Å². The van der Waals surface area contributed by atoms with Crippen molar-refractivity contribution in [1.82, 2.24) is 0 Å². The van der Waals surface area contributed by atoms with Gasteiger partial charge in [0, 0.05) is 11.5 Å². The summed E-state index contributed by atoms with van der Waals surface area (Å²) in [5.74, 6) is -0.447. The fraction of sp³-hybridized carbons (Fsp3) is 0.812. The SMILES string of the molecule is C=C(C)C(=O)OC(CC)(CC)C(CC)C(C)(O)CC. The van der Waals surface area contributed by atoms with Crippen molar-refractivity contribution in [2.24, 2.45) is 5.92 Å². The Hall–Kier alpha value is -0.830. The van der Waals surface area contributed by atoms with Gasteiger partial charge in [-0.3, -0.25) is 0 Å². The van der Waals surface area contributed by atoms with Crippen LogP contribution in [-0.2, 0) is 9.53 Å². The van der Waals surface area contributed by atoms with Crippen LogP contribution >= 0.6 is 0 Å². The molecule has 0 aliphatic rings. The molecule has 0 aromatic heterocycles. The Balaban J connectivity index is 5.47. The molecule has 0 radical (unpaired) electrons. The van der Waals surface area contributed by atoms with E-state index in [-0.39, 0.29) is 11.9 Å². The molecule has 0 aromatic carbocycles. The van der Waals surface area contributed by atoms with Gasteiger partial charge < -0.3 is 9.84 Å². The van der Waals surface area contributed by atoms with E-state index >= 15 is 0 Å². The van der Waals surface area contributed by atoms with E-state index in [0.29, 0.717) is 24.8 Å². The Morgan fingerprint density at radius 1 is 1.21 bits per heavy atom. The van der Waals surface area contributed by atoms with Gasteiger partial charge in [-0.15, -0.1) is 0 Å². The lowest BCUT2D eigenvalue weighted by molar-refractivity contribution is -0.179. The zero-order chi connectivity index (χ0) is 15.3. The van der Waals surface area contributed by atoms with Gasteiger partial charge in [0.05, 0.1) is 5.60 Å². The number of esters is 1. The van der Waals surface area contributed by atoms with Crippen molar-refractivity contribution in [3.63, 3.8) is 0 Å². The molecular formula is C16H30O3. The molecular weight excluding hydrogens is 240 g/mol. The number of carbonyl (C=O) groups excluding carboxylic acids is 1. The third-order valence-electron chi connectivity index (χ3n) is 4.35. The van der Waals surface area contributed by atoms with Crippen molar-refractivity contribution >= 4 is 5.97 Å². The van der Waals surface area contributed by atoms with Crippen LogP contribution in [0.4, 0.5) is 0 Å². The molecule has 0 rings (SSSR count). The van der Waals surface area contributed by atoms with Crippen LogP contribution in [-0.4, -0.2) is 22.3 Å². The van der Waals surface area contributed by atoms with Crippen molar-refractivity contribution in [2.75, 3.05) is 0 Å². The highest BCUT2D eigenvalue weighted by Crippen LogP contribution is 2.40. The van der Waals surface area contributed by atoms with Crippen LogP contribution in [0.25, 0.3) is 0 Å². The molecule has 19 heavy (non-hydrogen) atoms. The molecule has 2 unspecified atom stereocenters. The molecule has 2 atom stereocenters. The highest BCUT2D eigenvalue weighted by atomic mass is 16.6. The van der Waals surface area contributed by atoms with Crippen LogP contribution in [0.15, 0.2) is 12.2 Å². The van der Waals surface area contributed by atoms with Crippen LogP contribution in [0, 0.1) is 5.92 Å². The van der Waals surface area contributed by atoms with Crippen molar-refractivity contribution in [2.45, 2.75) is 78.4 Å². The van der Waals surface area contributed by atoms with Gasteiger partial charge in [-0.05, 0) is 39.5 Å². The maximum atomic E-state index is 11.9. The van der Waals surface area contributed by atoms with Gasteiger partial charge in [-0.2, -0.15) is 0 Å². The van der Waals surface area contributed by atoms with Gasteiger partial charge >= 0.3 is 5.97 Å². The molecule has 0 aromatic rings. The number of hydrogen-bond donors (Lipinski definition) is 1. The summed E-state index contributed by atoms with van der Waals surface area (Å²) >= 11 is 0. The van der Waals surface area contributed by atoms with Gasteiger partial charge in [-0.1, -0.05) is 34.3 Å². The summed E-state index contributed by atoms with van der Waals surface area (Å²) in [6.45, 7) is 15.1. The minimum atomic E-state index is -0.837. The van der Waals surface area contributed by atoms with E-state index in [1.54, 1.807) is 6.92 Å². The Labute approximate surface area is 118 Å². The summed E-state index contributed by atoms with van der Waals surface area (Å²) in [6, 6.07) is 0. The predicted molar refractivity (Wildman–Crippen MR) is 78.9 cm³/mol. The van der Waals surface area contributed by atoms with Crippen LogP contribution < -0.4 is 0 Å². The van der Waals surface area contributed by atoms with Crippen molar-refractivity contribution in [1.29, 1.82) is 0 Å². The normalized spacial score (nSPS) is 16.6. The Bertz CT molecular complexity index is 314. The van der Waals surface area contributed by atoms with Crippen LogP contribution in [0.1, 0.15) is 67.2 Å². The van der Waals surface area contributed by atoms with E-state index in [0.717, 1.165) is 6.42 Å². The van der Waals surface area contributed by atoms with E-state index in [4.69, 9.17) is 4.74 Å². The van der Waals surface area contributed by atoms with Crippen molar-refractivity contribution in [3.05, 3.63) is 12.2 Å². The summed E-state index contributed by atoms with van der Waals surface area (Å²) in [4.78, 5) is 11.9. The van der Waals surface area contributed by atoms with Crippen molar-refractivity contribution in [3.8, 4) is 0 Å². The minimum Gasteiger partial charge on any atom is -0.455 e. The number of rotatable bonds is 8. The third-order valence-corrected chi connectivity index (χ3v) is 4.35. The molecule has 3 nitrogen and oxygen atoms in total. The number of aliphatic hydroxyl groups is 1. The maximum absolute atomic E-state index is 11.9. The zero-order valence-electron chi connectivity index (χ0n) is 13.4. The van der Waals surface area contributed by atoms with Gasteiger partial charge in [-0.25, -0.2) is 4.79 Å². The standard InChI is InChI=1S/C16H30O3/c1-8-13(15(7,18)9-2)16(10-3,11-4)19-14(17)12(5)6/h13,18H,5,8-11H2,1-4,6-7H3. The molecule has 0 aliphatic carbocycles. The lowest BCUT2D eigenvalue weighted by Gasteiger charge is -2.45. The first-order chi connectivity index (χ1) is 8.70. The largest absolute Gasteiger partial charge is 0.455 e. The molecule has 0 saturated heterocycles. The molecule has 3 heteroatoms. The van der Waals surface area contributed by atoms with Crippen LogP contribution in [0.3, 0.4) is 0 Å². The second-order valence-electron chi connectivity index (χ2n) is 5.61. The lowest BCUT2D eigenvalue weighted by atomic mass is 9.70. The Morgan fingerprint density at radius 2 is 1.68 bits per heavy atom. The predicted octanol–water partition coefficient (Wildman–Crippen LogP) is 3.85. The minimum absolute atomic E-state index is 0.0803. The fourth-order valence-corrected chi connectivity index (χ4v) is 2.85. The molecule has 0 saturated carbocycles. The molecule has 1 N–H and O–H groups in total. The Morgan fingerprint density at radius 3 is 1.95 bits per heavy atom. The quantitative estimate of drug-likeness (QED) is 0.538. The van der Waals surface area contributed by atoms with E-state index in [1.165, 1.54) is 0 Å². The number of hydrogen-bond acceptors (Lipinski definition) is 3. The average molecular weight is 270 g/mol. The molecule has 0 heterocycles. The van der Waals surface area contributed by atoms with Crippen LogP contribution in [0.5, 0.6) is 0 Å². The van der Waals surface area contributed by atoms with Gasteiger partial charge in [0.1, 0.15) is 5.60 Å². The highest BCUT2D eigenvalue weighted by molar-refractivity contribution is 5.87. The average Bonchev–Trinajstić information content (AvgIpc) is 2.37. The second kappa shape index (κ2) is 7.09. The fourth-order valence-electron chi connectivity index (χ4n) is 2.85. The number of ether oxygens (including phenoxy) is 1. The lowest BCUT2D eigenvalue weighted by Crippen LogP contribution is -2.52. The number of carbonyl (C=O) groups is 1. The first-order valence-electron chi connectivity index (χ1n) is 7.31. The first kappa shape index (κ1) is 18.2. The molecule has 112 valence electrons. The van der Waals surface area contributed by atoms with E-state index < -0.39 is 11.2 Å². The monoisotopic (exact) mass is 270 g/mol. The highest BCUT2D eigenvalue weighted by Gasteiger charge is 2.47. The zero-order valence-corrected chi connectivity index (χ0v) is 13.4. The summed E-state index contributed by atoms with van der Waals surface area (Å²) < 4.78 is 5.74. The topological polar surface area (TPSA) is 46.5 Å².